The van der Waals surface area contributed by atoms with Crippen molar-refractivity contribution in [1.29, 1.82) is 0 Å². The van der Waals surface area contributed by atoms with Gasteiger partial charge in [-0.15, -0.1) is 0 Å². The van der Waals surface area contributed by atoms with E-state index in [2.05, 4.69) is 5.32 Å². The second-order valence-corrected chi connectivity index (χ2v) is 9.62. The molecule has 1 fully saturated rings. The fourth-order valence-corrected chi connectivity index (χ4v) is 5.54. The molecule has 1 N–H and O–H groups in total. The van der Waals surface area contributed by atoms with E-state index < -0.39 is 27.3 Å². The molecule has 1 aliphatic heterocycles. The third-order valence-electron chi connectivity index (χ3n) is 4.65. The standard InChI is InChI=1S/C20H21ClN2O6S/c1-20(2)11-30(26,27)23(19(20)25)15-9-12(5-7-14(15)21)18(24)22-13-6-8-16(28-3)17(10-13)29-4/h5-10H,11H2,1-4H3,(H,22,24). The number of nitrogens with one attached hydrogen (secondary N) is 1. The van der Waals surface area contributed by atoms with Crippen LogP contribution in [0.3, 0.4) is 0 Å². The van der Waals surface area contributed by atoms with E-state index in [0.29, 0.717) is 21.5 Å². The molecule has 0 saturated carbocycles. The Labute approximate surface area is 179 Å². The summed E-state index contributed by atoms with van der Waals surface area (Å²) in [6, 6.07) is 8.97. The van der Waals surface area contributed by atoms with E-state index in [0.717, 1.165) is 0 Å². The van der Waals surface area contributed by atoms with Gasteiger partial charge in [0.25, 0.3) is 5.91 Å². The minimum Gasteiger partial charge on any atom is -0.493 e. The molecule has 0 aliphatic carbocycles. The van der Waals surface area contributed by atoms with Gasteiger partial charge in [0.2, 0.25) is 15.9 Å². The molecule has 2 aromatic rings. The van der Waals surface area contributed by atoms with Gasteiger partial charge in [0, 0.05) is 17.3 Å². The van der Waals surface area contributed by atoms with E-state index in [1.807, 2.05) is 0 Å². The van der Waals surface area contributed by atoms with Crippen molar-refractivity contribution in [2.75, 3.05) is 29.6 Å². The number of sulfonamides is 1. The number of carbonyl (C=O) groups excluding carboxylic acids is 2. The minimum atomic E-state index is -3.90. The van der Waals surface area contributed by atoms with Crippen molar-refractivity contribution in [3.8, 4) is 11.5 Å². The summed E-state index contributed by atoms with van der Waals surface area (Å²) >= 11 is 6.18. The lowest BCUT2D eigenvalue weighted by atomic mass is 9.95. The molecule has 0 unspecified atom stereocenters. The molecule has 0 radical (unpaired) electrons. The van der Waals surface area contributed by atoms with Gasteiger partial charge in [-0.05, 0) is 44.2 Å². The lowest BCUT2D eigenvalue weighted by molar-refractivity contribution is -0.123. The zero-order chi connectivity index (χ0) is 22.3. The number of rotatable bonds is 5. The second kappa shape index (κ2) is 7.81. The lowest BCUT2D eigenvalue weighted by Crippen LogP contribution is -2.33. The van der Waals surface area contributed by atoms with E-state index in [4.69, 9.17) is 21.1 Å². The lowest BCUT2D eigenvalue weighted by Gasteiger charge is -2.19. The Hall–Kier alpha value is -2.78. The van der Waals surface area contributed by atoms with Gasteiger partial charge < -0.3 is 14.8 Å². The summed E-state index contributed by atoms with van der Waals surface area (Å²) in [6.07, 6.45) is 0. The average molecular weight is 453 g/mol. The van der Waals surface area contributed by atoms with Crippen LogP contribution < -0.4 is 19.1 Å². The highest BCUT2D eigenvalue weighted by Crippen LogP contribution is 2.39. The van der Waals surface area contributed by atoms with Gasteiger partial charge >= 0.3 is 0 Å². The van der Waals surface area contributed by atoms with Crippen LogP contribution in [0.25, 0.3) is 0 Å². The van der Waals surface area contributed by atoms with Crippen molar-refractivity contribution in [3.05, 3.63) is 47.0 Å². The summed E-state index contributed by atoms with van der Waals surface area (Å²) in [7, 11) is -0.924. The fourth-order valence-electron chi connectivity index (χ4n) is 3.17. The van der Waals surface area contributed by atoms with Gasteiger partial charge in [-0.25, -0.2) is 12.7 Å². The first-order chi connectivity index (χ1) is 14.0. The van der Waals surface area contributed by atoms with Gasteiger partial charge in [-0.2, -0.15) is 0 Å². The quantitative estimate of drug-likeness (QED) is 0.746. The molecule has 1 heterocycles. The van der Waals surface area contributed by atoms with E-state index in [9.17, 15) is 18.0 Å². The van der Waals surface area contributed by atoms with Crippen LogP contribution in [0, 0.1) is 5.41 Å². The Balaban J connectivity index is 1.94. The average Bonchev–Trinajstić information content (AvgIpc) is 2.84. The number of hydrogen-bond donors (Lipinski definition) is 1. The maximum Gasteiger partial charge on any atom is 0.255 e. The van der Waals surface area contributed by atoms with Crippen LogP contribution in [0.15, 0.2) is 36.4 Å². The number of anilines is 2. The molecular formula is C20H21ClN2O6S. The first-order valence-electron chi connectivity index (χ1n) is 8.90. The van der Waals surface area contributed by atoms with Gasteiger partial charge in [0.1, 0.15) is 0 Å². The first kappa shape index (κ1) is 21.9. The highest BCUT2D eigenvalue weighted by atomic mass is 35.5. The van der Waals surface area contributed by atoms with Gasteiger partial charge in [-0.3, -0.25) is 9.59 Å². The summed E-state index contributed by atoms with van der Waals surface area (Å²) in [5.41, 5.74) is -0.552. The molecule has 8 nitrogen and oxygen atoms in total. The van der Waals surface area contributed by atoms with E-state index in [1.165, 1.54) is 32.4 Å². The predicted octanol–water partition coefficient (Wildman–Crippen LogP) is 3.31. The van der Waals surface area contributed by atoms with E-state index in [1.54, 1.807) is 32.0 Å². The molecule has 1 saturated heterocycles. The third-order valence-corrected chi connectivity index (χ3v) is 6.98. The minimum absolute atomic E-state index is 0.0484. The van der Waals surface area contributed by atoms with Crippen molar-refractivity contribution in [2.24, 2.45) is 5.41 Å². The summed E-state index contributed by atoms with van der Waals surface area (Å²) in [6.45, 7) is 3.10. The normalized spacial score (nSPS) is 17.0. The van der Waals surface area contributed by atoms with E-state index >= 15 is 0 Å². The maximum absolute atomic E-state index is 12.7. The van der Waals surface area contributed by atoms with Crippen LogP contribution in [-0.4, -0.2) is 40.2 Å². The van der Waals surface area contributed by atoms with Crippen molar-refractivity contribution in [3.63, 3.8) is 0 Å². The summed E-state index contributed by atoms with van der Waals surface area (Å²) in [5, 5.41) is 2.75. The molecule has 3 rings (SSSR count). The summed E-state index contributed by atoms with van der Waals surface area (Å²) < 4.78 is 36.2. The molecule has 2 amide bonds. The van der Waals surface area contributed by atoms with Crippen LogP contribution in [0.5, 0.6) is 11.5 Å². The van der Waals surface area contributed by atoms with E-state index in [-0.39, 0.29) is 22.0 Å². The fraction of sp³-hybridized carbons (Fsp3) is 0.300. The molecule has 0 bridgehead atoms. The molecule has 0 spiro atoms. The smallest absolute Gasteiger partial charge is 0.255 e. The van der Waals surface area contributed by atoms with Crippen molar-refractivity contribution in [2.45, 2.75) is 13.8 Å². The van der Waals surface area contributed by atoms with Gasteiger partial charge in [0.15, 0.2) is 11.5 Å². The number of amides is 2. The number of halogens is 1. The molecule has 1 aliphatic rings. The Kier molecular flexibility index (Phi) is 5.70. The van der Waals surface area contributed by atoms with Crippen LogP contribution in [0.2, 0.25) is 5.02 Å². The van der Waals surface area contributed by atoms with Gasteiger partial charge in [-0.1, -0.05) is 11.6 Å². The van der Waals surface area contributed by atoms with Crippen molar-refractivity contribution >= 4 is 44.8 Å². The number of benzene rings is 2. The molecule has 2 aromatic carbocycles. The van der Waals surface area contributed by atoms with Crippen LogP contribution in [0.1, 0.15) is 24.2 Å². The highest BCUT2D eigenvalue weighted by molar-refractivity contribution is 7.94. The van der Waals surface area contributed by atoms with Gasteiger partial charge in [0.05, 0.1) is 36.1 Å². The van der Waals surface area contributed by atoms with Crippen LogP contribution >= 0.6 is 11.6 Å². The molecular weight excluding hydrogens is 432 g/mol. The molecule has 0 atom stereocenters. The monoisotopic (exact) mass is 452 g/mol. The maximum atomic E-state index is 12.7. The Morgan fingerprint density at radius 1 is 1.10 bits per heavy atom. The third kappa shape index (κ3) is 3.95. The number of methoxy groups -OCH3 is 2. The molecule has 0 aromatic heterocycles. The topological polar surface area (TPSA) is 102 Å². The van der Waals surface area contributed by atoms with Crippen molar-refractivity contribution in [1.82, 2.24) is 0 Å². The zero-order valence-corrected chi connectivity index (χ0v) is 18.4. The summed E-state index contributed by atoms with van der Waals surface area (Å²) in [5.74, 6) is -0.505. The molecule has 10 heteroatoms. The highest BCUT2D eigenvalue weighted by Gasteiger charge is 2.50. The Morgan fingerprint density at radius 2 is 1.77 bits per heavy atom. The van der Waals surface area contributed by atoms with Crippen molar-refractivity contribution < 1.29 is 27.5 Å². The van der Waals surface area contributed by atoms with Crippen LogP contribution in [0.4, 0.5) is 11.4 Å². The number of nitrogens with zero attached hydrogens (tertiary/aromatic N) is 1. The number of ether oxygens (including phenoxy) is 2. The molecule has 30 heavy (non-hydrogen) atoms. The zero-order valence-electron chi connectivity index (χ0n) is 16.9. The SMILES string of the molecule is COc1ccc(NC(=O)c2ccc(Cl)c(N3C(=O)C(C)(C)CS3(=O)=O)c2)cc1OC. The van der Waals surface area contributed by atoms with Crippen LogP contribution in [-0.2, 0) is 14.8 Å². The Bertz CT molecular complexity index is 1130. The number of carbonyl (C=O) groups is 2. The first-order valence-corrected chi connectivity index (χ1v) is 10.9. The Morgan fingerprint density at radius 3 is 2.33 bits per heavy atom. The second-order valence-electron chi connectivity index (χ2n) is 7.40. The molecule has 160 valence electrons. The number of hydrogen-bond acceptors (Lipinski definition) is 6. The predicted molar refractivity (Wildman–Crippen MR) is 114 cm³/mol. The summed E-state index contributed by atoms with van der Waals surface area (Å²) in [4.78, 5) is 25.4. The largest absolute Gasteiger partial charge is 0.493 e.